The van der Waals surface area contributed by atoms with Crippen LogP contribution in [0.3, 0.4) is 0 Å². The number of ether oxygens (including phenoxy) is 1. The van der Waals surface area contributed by atoms with Crippen LogP contribution in [0.1, 0.15) is 17.3 Å². The molecule has 22 heavy (non-hydrogen) atoms. The fourth-order valence-corrected chi connectivity index (χ4v) is 1.46. The summed E-state index contributed by atoms with van der Waals surface area (Å²) < 4.78 is 54.1. The number of carbonyl (C=O) groups excluding carboxylic acids is 2. The van der Waals surface area contributed by atoms with Crippen molar-refractivity contribution >= 4 is 35.3 Å². The number of hydrogen-bond acceptors (Lipinski definition) is 5. The van der Waals surface area contributed by atoms with Crippen molar-refractivity contribution in [1.82, 2.24) is 0 Å². The zero-order chi connectivity index (χ0) is 16.9. The minimum Gasteiger partial charge on any atom is -0.462 e. The summed E-state index contributed by atoms with van der Waals surface area (Å²) in [6.07, 6.45) is -5.14. The van der Waals surface area contributed by atoms with Gasteiger partial charge in [0, 0.05) is 0 Å². The Kier molecular flexibility index (Phi) is 5.86. The molecule has 0 unspecified atom stereocenters. The molecule has 0 amide bonds. The smallest absolute Gasteiger partial charge is 0.455 e. The lowest BCUT2D eigenvalue weighted by Gasteiger charge is -2.08. The van der Waals surface area contributed by atoms with E-state index in [-0.39, 0.29) is 23.4 Å². The molecule has 1 N–H and O–H groups in total. The minimum absolute atomic E-state index is 0.0491. The van der Waals surface area contributed by atoms with Gasteiger partial charge in [-0.2, -0.15) is 18.3 Å². The third-order valence-electron chi connectivity index (χ3n) is 2.20. The van der Waals surface area contributed by atoms with Gasteiger partial charge in [0.2, 0.25) is 0 Å². The van der Waals surface area contributed by atoms with Crippen molar-refractivity contribution in [3.63, 3.8) is 0 Å². The molecule has 0 atom stereocenters. The van der Waals surface area contributed by atoms with Crippen LogP contribution in [0.2, 0.25) is 5.02 Å². The number of hydrogen-bond donors (Lipinski definition) is 1. The van der Waals surface area contributed by atoms with Crippen molar-refractivity contribution in [2.75, 3.05) is 12.0 Å². The molecular formula is C12H9ClF4N2O3. The third-order valence-corrected chi connectivity index (χ3v) is 2.51. The maximum absolute atomic E-state index is 13.6. The fourth-order valence-electron chi connectivity index (χ4n) is 1.23. The van der Waals surface area contributed by atoms with Gasteiger partial charge in [0.15, 0.2) is 0 Å². The van der Waals surface area contributed by atoms with Crippen LogP contribution in [0.25, 0.3) is 0 Å². The Labute approximate surface area is 126 Å². The molecule has 0 saturated heterocycles. The van der Waals surface area contributed by atoms with Gasteiger partial charge in [0.25, 0.3) is 5.78 Å². The topological polar surface area (TPSA) is 67.8 Å². The Bertz CT molecular complexity index is 617. The number of hydrazone groups is 1. The van der Waals surface area contributed by atoms with Crippen LogP contribution in [0, 0.1) is 5.82 Å². The van der Waals surface area contributed by atoms with Crippen LogP contribution in [0.4, 0.5) is 23.2 Å². The average Bonchev–Trinajstić information content (AvgIpc) is 2.40. The van der Waals surface area contributed by atoms with E-state index in [0.717, 1.165) is 12.1 Å². The summed E-state index contributed by atoms with van der Waals surface area (Å²) in [5.41, 5.74) is 1.24. The van der Waals surface area contributed by atoms with Crippen molar-refractivity contribution in [1.29, 1.82) is 0 Å². The zero-order valence-electron chi connectivity index (χ0n) is 11.0. The number of carbonyl (C=O) groups is 2. The number of nitrogens with zero attached hydrogens (tertiary/aromatic N) is 1. The maximum Gasteiger partial charge on any atom is 0.455 e. The first-order valence-corrected chi connectivity index (χ1v) is 6.11. The monoisotopic (exact) mass is 340 g/mol. The van der Waals surface area contributed by atoms with Gasteiger partial charge >= 0.3 is 12.1 Å². The van der Waals surface area contributed by atoms with Crippen molar-refractivity contribution < 1.29 is 31.9 Å². The summed E-state index contributed by atoms with van der Waals surface area (Å²) in [5, 5.41) is 2.73. The Morgan fingerprint density at radius 2 is 2.05 bits per heavy atom. The molecule has 120 valence electrons. The lowest BCUT2D eigenvalue weighted by atomic mass is 10.2. The van der Waals surface area contributed by atoms with Crippen LogP contribution in [-0.4, -0.2) is 30.8 Å². The molecule has 1 aromatic carbocycles. The number of Topliss-reactive ketones (excluding diaryl/α,β-unsaturated/α-hetero) is 1. The SMILES string of the molecule is CCOC(=O)c1cc(N/N=C\C(=O)C(F)(F)F)c(F)cc1Cl. The Morgan fingerprint density at radius 1 is 1.41 bits per heavy atom. The Hall–Kier alpha value is -2.16. The number of alkyl halides is 3. The molecule has 0 radical (unpaired) electrons. The largest absolute Gasteiger partial charge is 0.462 e. The lowest BCUT2D eigenvalue weighted by Crippen LogP contribution is -2.24. The molecule has 0 saturated carbocycles. The van der Waals surface area contributed by atoms with Crippen LogP contribution in [0.5, 0.6) is 0 Å². The predicted octanol–water partition coefficient (Wildman–Crippen LogP) is 3.18. The standard InChI is InChI=1S/C12H9ClF4N2O3/c1-2-22-11(21)6-3-9(8(14)4-7(6)13)19-18-5-10(20)12(15,16)17/h3-5,19H,2H2,1H3/b18-5-. The van der Waals surface area contributed by atoms with E-state index < -0.39 is 29.4 Å². The molecule has 0 spiro atoms. The summed E-state index contributed by atoms with van der Waals surface area (Å²) in [5.74, 6) is -4.04. The number of rotatable bonds is 5. The van der Waals surface area contributed by atoms with E-state index >= 15 is 0 Å². The molecule has 5 nitrogen and oxygen atoms in total. The average molecular weight is 341 g/mol. The number of benzene rings is 1. The van der Waals surface area contributed by atoms with Crippen LogP contribution < -0.4 is 5.43 Å². The molecule has 0 fully saturated rings. The highest BCUT2D eigenvalue weighted by Crippen LogP contribution is 2.25. The summed E-state index contributed by atoms with van der Waals surface area (Å²) in [4.78, 5) is 22.1. The molecule has 1 rings (SSSR count). The fraction of sp³-hybridized carbons (Fsp3) is 0.250. The summed E-state index contributed by atoms with van der Waals surface area (Å²) in [6, 6.07) is 1.67. The second-order valence-electron chi connectivity index (χ2n) is 3.76. The van der Waals surface area contributed by atoms with Crippen LogP contribution >= 0.6 is 11.6 Å². The summed E-state index contributed by atoms with van der Waals surface area (Å²) in [6.45, 7) is 1.59. The van der Waals surface area contributed by atoms with Gasteiger partial charge in [-0.25, -0.2) is 9.18 Å². The Morgan fingerprint density at radius 3 is 2.59 bits per heavy atom. The molecule has 1 aromatic rings. The van der Waals surface area contributed by atoms with Gasteiger partial charge < -0.3 is 4.74 Å². The number of halogens is 5. The summed E-state index contributed by atoms with van der Waals surface area (Å²) >= 11 is 5.67. The molecule has 10 heteroatoms. The molecular weight excluding hydrogens is 332 g/mol. The van der Waals surface area contributed by atoms with Crippen molar-refractivity contribution in [2.45, 2.75) is 13.1 Å². The minimum atomic E-state index is -5.08. The number of esters is 1. The van der Waals surface area contributed by atoms with Crippen molar-refractivity contribution in [3.8, 4) is 0 Å². The van der Waals surface area contributed by atoms with E-state index in [0.29, 0.717) is 0 Å². The third kappa shape index (κ3) is 4.69. The van der Waals surface area contributed by atoms with E-state index in [2.05, 4.69) is 9.84 Å². The highest BCUT2D eigenvalue weighted by Gasteiger charge is 2.36. The van der Waals surface area contributed by atoms with E-state index in [4.69, 9.17) is 11.6 Å². The van der Waals surface area contributed by atoms with Gasteiger partial charge in [0.05, 0.1) is 29.1 Å². The van der Waals surface area contributed by atoms with Gasteiger partial charge in [-0.05, 0) is 19.1 Å². The first kappa shape index (κ1) is 17.9. The number of anilines is 1. The predicted molar refractivity (Wildman–Crippen MR) is 70.5 cm³/mol. The van der Waals surface area contributed by atoms with E-state index in [1.54, 1.807) is 6.92 Å². The highest BCUT2D eigenvalue weighted by molar-refractivity contribution is 6.33. The van der Waals surface area contributed by atoms with Crippen molar-refractivity contribution in [3.05, 3.63) is 28.5 Å². The van der Waals surface area contributed by atoms with Crippen molar-refractivity contribution in [2.24, 2.45) is 5.10 Å². The zero-order valence-corrected chi connectivity index (χ0v) is 11.8. The first-order valence-electron chi connectivity index (χ1n) is 5.73. The van der Waals surface area contributed by atoms with Gasteiger partial charge in [-0.1, -0.05) is 11.6 Å². The van der Waals surface area contributed by atoms with E-state index in [1.165, 1.54) is 0 Å². The second kappa shape index (κ2) is 7.21. The molecule has 0 aliphatic rings. The molecule has 0 aliphatic carbocycles. The molecule has 0 bridgehead atoms. The van der Waals surface area contributed by atoms with E-state index in [1.807, 2.05) is 5.43 Å². The van der Waals surface area contributed by atoms with Crippen LogP contribution in [-0.2, 0) is 9.53 Å². The maximum atomic E-state index is 13.6. The number of ketones is 1. The highest BCUT2D eigenvalue weighted by atomic mass is 35.5. The molecule has 0 aliphatic heterocycles. The normalized spacial score (nSPS) is 11.5. The second-order valence-corrected chi connectivity index (χ2v) is 4.17. The Balaban J connectivity index is 2.96. The molecule has 0 heterocycles. The summed E-state index contributed by atoms with van der Waals surface area (Å²) in [7, 11) is 0. The van der Waals surface area contributed by atoms with Crippen LogP contribution in [0.15, 0.2) is 17.2 Å². The first-order chi connectivity index (χ1) is 10.2. The van der Waals surface area contributed by atoms with Gasteiger partial charge in [-0.3, -0.25) is 10.2 Å². The number of nitrogens with one attached hydrogen (secondary N) is 1. The lowest BCUT2D eigenvalue weighted by molar-refractivity contribution is -0.162. The van der Waals surface area contributed by atoms with Gasteiger partial charge in [0.1, 0.15) is 5.82 Å². The molecule has 0 aromatic heterocycles. The van der Waals surface area contributed by atoms with E-state index in [9.17, 15) is 27.2 Å². The van der Waals surface area contributed by atoms with Gasteiger partial charge in [-0.15, -0.1) is 0 Å². The quantitative estimate of drug-likeness (QED) is 0.387.